The Kier molecular flexibility index (Phi) is 2.37. The summed E-state index contributed by atoms with van der Waals surface area (Å²) in [5.74, 6) is 1.53. The zero-order valence-electron chi connectivity index (χ0n) is 8.59. The molecular weight excluding hydrogens is 210 g/mol. The van der Waals surface area contributed by atoms with Crippen LogP contribution in [0.3, 0.4) is 0 Å². The first kappa shape index (κ1) is 9.46. The summed E-state index contributed by atoms with van der Waals surface area (Å²) in [5.41, 5.74) is 0. The van der Waals surface area contributed by atoms with Gasteiger partial charge in [-0.05, 0) is 12.8 Å². The Hall–Kier alpha value is -1.76. The SMILES string of the molecule is c1n[nH]c(-c2noc(CC3CCCO3)n2)n1. The summed E-state index contributed by atoms with van der Waals surface area (Å²) in [5, 5.41) is 10.2. The molecule has 3 heterocycles. The smallest absolute Gasteiger partial charge is 0.239 e. The van der Waals surface area contributed by atoms with E-state index in [4.69, 9.17) is 9.26 Å². The van der Waals surface area contributed by atoms with Crippen molar-refractivity contribution >= 4 is 0 Å². The van der Waals surface area contributed by atoms with Gasteiger partial charge in [-0.2, -0.15) is 10.1 Å². The monoisotopic (exact) mass is 221 g/mol. The molecule has 1 atom stereocenters. The standard InChI is InChI=1S/C9H11N5O2/c1-2-6(15-3-1)4-7-12-9(14-16-7)8-10-5-11-13-8/h5-6H,1-4H2,(H,10,11,13). The number of nitrogens with zero attached hydrogens (tertiary/aromatic N) is 4. The molecule has 1 aliphatic rings. The average molecular weight is 221 g/mol. The summed E-state index contributed by atoms with van der Waals surface area (Å²) in [6, 6.07) is 0. The van der Waals surface area contributed by atoms with Crippen LogP contribution in [-0.4, -0.2) is 38.0 Å². The quantitative estimate of drug-likeness (QED) is 0.815. The number of aromatic nitrogens is 5. The molecule has 1 aliphatic heterocycles. The predicted octanol–water partition coefficient (Wildman–Crippen LogP) is 0.576. The van der Waals surface area contributed by atoms with Gasteiger partial charge in [-0.1, -0.05) is 5.16 Å². The van der Waals surface area contributed by atoms with Crippen LogP contribution in [-0.2, 0) is 11.2 Å². The second kappa shape index (κ2) is 4.01. The van der Waals surface area contributed by atoms with Gasteiger partial charge in [-0.15, -0.1) is 0 Å². The first-order chi connectivity index (χ1) is 7.92. The van der Waals surface area contributed by atoms with Crippen molar-refractivity contribution in [2.45, 2.75) is 25.4 Å². The van der Waals surface area contributed by atoms with E-state index in [0.29, 0.717) is 24.0 Å². The van der Waals surface area contributed by atoms with Crippen molar-refractivity contribution in [2.75, 3.05) is 6.61 Å². The van der Waals surface area contributed by atoms with Gasteiger partial charge in [0.05, 0.1) is 12.5 Å². The highest BCUT2D eigenvalue weighted by molar-refractivity contribution is 5.39. The van der Waals surface area contributed by atoms with Crippen LogP contribution in [0.5, 0.6) is 0 Å². The highest BCUT2D eigenvalue weighted by atomic mass is 16.5. The van der Waals surface area contributed by atoms with Gasteiger partial charge in [-0.25, -0.2) is 4.98 Å². The van der Waals surface area contributed by atoms with Gasteiger partial charge < -0.3 is 9.26 Å². The topological polar surface area (TPSA) is 89.7 Å². The molecule has 16 heavy (non-hydrogen) atoms. The number of aromatic amines is 1. The molecule has 1 saturated heterocycles. The maximum absolute atomic E-state index is 5.49. The number of ether oxygens (including phenoxy) is 1. The average Bonchev–Trinajstić information content (AvgIpc) is 2.99. The van der Waals surface area contributed by atoms with E-state index in [1.165, 1.54) is 6.33 Å². The summed E-state index contributed by atoms with van der Waals surface area (Å²) in [7, 11) is 0. The Bertz CT molecular complexity index is 446. The third-order valence-corrected chi connectivity index (χ3v) is 2.52. The van der Waals surface area contributed by atoms with E-state index in [9.17, 15) is 0 Å². The molecule has 0 saturated carbocycles. The fraction of sp³-hybridized carbons (Fsp3) is 0.556. The van der Waals surface area contributed by atoms with Crippen molar-refractivity contribution in [3.05, 3.63) is 12.2 Å². The van der Waals surface area contributed by atoms with Crippen LogP contribution in [0, 0.1) is 0 Å². The second-order valence-corrected chi connectivity index (χ2v) is 3.68. The van der Waals surface area contributed by atoms with Gasteiger partial charge in [0.15, 0.2) is 5.82 Å². The molecule has 84 valence electrons. The third kappa shape index (κ3) is 1.81. The lowest BCUT2D eigenvalue weighted by atomic mass is 10.2. The molecule has 2 aromatic heterocycles. The molecule has 0 aliphatic carbocycles. The largest absolute Gasteiger partial charge is 0.378 e. The minimum atomic E-state index is 0.211. The van der Waals surface area contributed by atoms with Crippen molar-refractivity contribution in [3.8, 4) is 11.6 Å². The molecule has 1 unspecified atom stereocenters. The van der Waals surface area contributed by atoms with Gasteiger partial charge in [0, 0.05) is 6.61 Å². The molecule has 7 heteroatoms. The Labute approximate surface area is 91.2 Å². The lowest BCUT2D eigenvalue weighted by Crippen LogP contribution is -2.08. The Morgan fingerprint density at radius 2 is 2.50 bits per heavy atom. The Balaban J connectivity index is 1.72. The summed E-state index contributed by atoms with van der Waals surface area (Å²) in [6.45, 7) is 0.827. The molecule has 0 radical (unpaired) electrons. The van der Waals surface area contributed by atoms with E-state index in [1.54, 1.807) is 0 Å². The van der Waals surface area contributed by atoms with Gasteiger partial charge in [0.2, 0.25) is 11.7 Å². The zero-order valence-corrected chi connectivity index (χ0v) is 8.59. The number of hydrogen-bond acceptors (Lipinski definition) is 6. The highest BCUT2D eigenvalue weighted by Crippen LogP contribution is 2.17. The molecule has 1 N–H and O–H groups in total. The summed E-state index contributed by atoms with van der Waals surface area (Å²) in [6.07, 6.45) is 4.45. The van der Waals surface area contributed by atoms with Gasteiger partial charge in [0.1, 0.15) is 6.33 Å². The first-order valence-electron chi connectivity index (χ1n) is 5.22. The maximum Gasteiger partial charge on any atom is 0.239 e. The van der Waals surface area contributed by atoms with Crippen LogP contribution in [0.1, 0.15) is 18.7 Å². The molecule has 0 aromatic carbocycles. The molecular formula is C9H11N5O2. The molecule has 0 amide bonds. The normalized spacial score (nSPS) is 20.4. The van der Waals surface area contributed by atoms with Gasteiger partial charge in [-0.3, -0.25) is 5.10 Å². The second-order valence-electron chi connectivity index (χ2n) is 3.68. The number of H-pyrrole nitrogens is 1. The van der Waals surface area contributed by atoms with E-state index >= 15 is 0 Å². The van der Waals surface area contributed by atoms with Crippen LogP contribution in [0.4, 0.5) is 0 Å². The lowest BCUT2D eigenvalue weighted by Gasteiger charge is -2.03. The highest BCUT2D eigenvalue weighted by Gasteiger charge is 2.20. The van der Waals surface area contributed by atoms with Gasteiger partial charge >= 0.3 is 0 Å². The van der Waals surface area contributed by atoms with Crippen molar-refractivity contribution in [1.82, 2.24) is 25.3 Å². The molecule has 0 bridgehead atoms. The van der Waals surface area contributed by atoms with Crippen LogP contribution in [0.15, 0.2) is 10.9 Å². The van der Waals surface area contributed by atoms with E-state index in [-0.39, 0.29) is 6.10 Å². The molecule has 7 nitrogen and oxygen atoms in total. The third-order valence-electron chi connectivity index (χ3n) is 2.52. The lowest BCUT2D eigenvalue weighted by molar-refractivity contribution is 0.104. The van der Waals surface area contributed by atoms with E-state index in [0.717, 1.165) is 19.4 Å². The van der Waals surface area contributed by atoms with Crippen molar-refractivity contribution in [2.24, 2.45) is 0 Å². The molecule has 1 fully saturated rings. The summed E-state index contributed by atoms with van der Waals surface area (Å²) >= 11 is 0. The molecule has 2 aromatic rings. The van der Waals surface area contributed by atoms with E-state index in [2.05, 4.69) is 25.3 Å². The minimum Gasteiger partial charge on any atom is -0.378 e. The van der Waals surface area contributed by atoms with Crippen LogP contribution < -0.4 is 0 Å². The van der Waals surface area contributed by atoms with Crippen LogP contribution in [0.2, 0.25) is 0 Å². The van der Waals surface area contributed by atoms with Crippen molar-refractivity contribution in [1.29, 1.82) is 0 Å². The Morgan fingerprint density at radius 3 is 3.25 bits per heavy atom. The van der Waals surface area contributed by atoms with Crippen LogP contribution in [0.25, 0.3) is 11.6 Å². The van der Waals surface area contributed by atoms with Crippen molar-refractivity contribution < 1.29 is 9.26 Å². The van der Waals surface area contributed by atoms with E-state index in [1.807, 2.05) is 0 Å². The summed E-state index contributed by atoms with van der Waals surface area (Å²) in [4.78, 5) is 8.17. The fourth-order valence-electron chi connectivity index (χ4n) is 1.75. The number of hydrogen-bond donors (Lipinski definition) is 1. The fourth-order valence-corrected chi connectivity index (χ4v) is 1.75. The number of rotatable bonds is 3. The minimum absolute atomic E-state index is 0.211. The summed E-state index contributed by atoms with van der Waals surface area (Å²) < 4.78 is 10.6. The van der Waals surface area contributed by atoms with Crippen LogP contribution >= 0.6 is 0 Å². The van der Waals surface area contributed by atoms with E-state index < -0.39 is 0 Å². The predicted molar refractivity (Wildman–Crippen MR) is 52.4 cm³/mol. The van der Waals surface area contributed by atoms with Crippen molar-refractivity contribution in [3.63, 3.8) is 0 Å². The zero-order chi connectivity index (χ0) is 10.8. The first-order valence-corrected chi connectivity index (χ1v) is 5.22. The number of nitrogens with one attached hydrogen (secondary N) is 1. The molecule has 0 spiro atoms. The maximum atomic E-state index is 5.49. The molecule has 3 rings (SSSR count). The van der Waals surface area contributed by atoms with Gasteiger partial charge in [0.25, 0.3) is 0 Å². The Morgan fingerprint density at radius 1 is 1.50 bits per heavy atom.